The van der Waals surface area contributed by atoms with E-state index in [1.54, 1.807) is 18.6 Å². The van der Waals surface area contributed by atoms with Crippen LogP contribution in [-0.2, 0) is 4.79 Å². The molecule has 6 heteroatoms. The summed E-state index contributed by atoms with van der Waals surface area (Å²) in [6.45, 7) is 3.50. The molecule has 1 aromatic carbocycles. The molecule has 2 aromatic heterocycles. The highest BCUT2D eigenvalue weighted by atomic mass is 16.4. The number of likely N-dealkylation sites (tertiary alicyclic amines) is 1. The van der Waals surface area contributed by atoms with Gasteiger partial charge < -0.3 is 13.7 Å². The molecule has 1 fully saturated rings. The molecule has 0 saturated carbocycles. The van der Waals surface area contributed by atoms with Crippen LogP contribution in [0.1, 0.15) is 49.5 Å². The number of amides is 1. The van der Waals surface area contributed by atoms with Crippen molar-refractivity contribution in [1.82, 2.24) is 15.1 Å². The first-order chi connectivity index (χ1) is 13.3. The van der Waals surface area contributed by atoms with Crippen molar-refractivity contribution in [2.75, 3.05) is 13.1 Å². The molecular weight excluding hydrogens is 342 g/mol. The van der Waals surface area contributed by atoms with Gasteiger partial charge in [0.25, 0.3) is 5.89 Å². The summed E-state index contributed by atoms with van der Waals surface area (Å²) >= 11 is 0. The molecule has 1 atom stereocenters. The summed E-state index contributed by atoms with van der Waals surface area (Å²) in [5, 5.41) is 8.31. The quantitative estimate of drug-likeness (QED) is 0.676. The second-order valence-electron chi connectivity index (χ2n) is 6.93. The molecule has 0 bridgehead atoms. The zero-order valence-corrected chi connectivity index (χ0v) is 15.4. The maximum absolute atomic E-state index is 13.0. The molecule has 6 nitrogen and oxygen atoms in total. The minimum absolute atomic E-state index is 0.0705. The Labute approximate surface area is 158 Å². The predicted octanol–water partition coefficient (Wildman–Crippen LogP) is 4.23. The summed E-state index contributed by atoms with van der Waals surface area (Å²) in [4.78, 5) is 15.0. The molecule has 1 unspecified atom stereocenters. The van der Waals surface area contributed by atoms with Gasteiger partial charge in [-0.2, -0.15) is 0 Å². The molecule has 3 heterocycles. The van der Waals surface area contributed by atoms with Gasteiger partial charge in [-0.15, -0.1) is 10.2 Å². The van der Waals surface area contributed by atoms with Gasteiger partial charge in [0.2, 0.25) is 11.8 Å². The first-order valence-corrected chi connectivity index (χ1v) is 9.46. The first kappa shape index (κ1) is 17.5. The fourth-order valence-electron chi connectivity index (χ4n) is 3.71. The monoisotopic (exact) mass is 365 g/mol. The third-order valence-electron chi connectivity index (χ3n) is 5.27. The molecule has 1 amide bonds. The highest BCUT2D eigenvalue weighted by Gasteiger charge is 2.30. The van der Waals surface area contributed by atoms with E-state index in [4.69, 9.17) is 8.83 Å². The minimum Gasteiger partial charge on any atom is -0.472 e. The van der Waals surface area contributed by atoms with E-state index in [1.807, 2.05) is 35.2 Å². The highest BCUT2D eigenvalue weighted by molar-refractivity contribution is 5.83. The molecule has 1 saturated heterocycles. The Balaban J connectivity index is 1.39. The maximum atomic E-state index is 13.0. The van der Waals surface area contributed by atoms with Crippen LogP contribution in [0.3, 0.4) is 0 Å². The third-order valence-corrected chi connectivity index (χ3v) is 5.27. The molecular formula is C21H23N3O3. The molecule has 0 spiro atoms. The number of hydrogen-bond donors (Lipinski definition) is 0. The van der Waals surface area contributed by atoms with E-state index in [2.05, 4.69) is 17.1 Å². The fraction of sp³-hybridized carbons (Fsp3) is 0.381. The zero-order valence-electron chi connectivity index (χ0n) is 15.4. The Kier molecular flexibility index (Phi) is 5.05. The standard InChI is InChI=1S/C21H23N3O3/c1-2-18(15-6-4-3-5-7-15)21(25)24-11-8-16(9-12-24)19-22-23-20(27-19)17-10-13-26-14-17/h3-7,10,13-14,16,18H,2,8-9,11-12H2,1H3. The molecule has 0 N–H and O–H groups in total. The van der Waals surface area contributed by atoms with Crippen LogP contribution in [0.25, 0.3) is 11.5 Å². The first-order valence-electron chi connectivity index (χ1n) is 9.46. The summed E-state index contributed by atoms with van der Waals surface area (Å²) in [5.41, 5.74) is 1.88. The number of nitrogens with zero attached hydrogens (tertiary/aromatic N) is 3. The van der Waals surface area contributed by atoms with Crippen LogP contribution in [0.5, 0.6) is 0 Å². The maximum Gasteiger partial charge on any atom is 0.250 e. The molecule has 0 radical (unpaired) electrons. The Morgan fingerprint density at radius 3 is 2.63 bits per heavy atom. The number of hydrogen-bond acceptors (Lipinski definition) is 5. The van der Waals surface area contributed by atoms with Crippen LogP contribution in [0, 0.1) is 0 Å². The van der Waals surface area contributed by atoms with E-state index in [1.165, 1.54) is 0 Å². The smallest absolute Gasteiger partial charge is 0.250 e. The SMILES string of the molecule is CCC(C(=O)N1CCC(c2nnc(-c3ccoc3)o2)CC1)c1ccccc1. The second kappa shape index (κ2) is 7.78. The van der Waals surface area contributed by atoms with Crippen molar-refractivity contribution in [1.29, 1.82) is 0 Å². The van der Waals surface area contributed by atoms with Crippen LogP contribution >= 0.6 is 0 Å². The molecule has 1 aliphatic rings. The lowest BCUT2D eigenvalue weighted by atomic mass is 9.92. The molecule has 27 heavy (non-hydrogen) atoms. The topological polar surface area (TPSA) is 72.4 Å². The van der Waals surface area contributed by atoms with E-state index >= 15 is 0 Å². The Bertz CT molecular complexity index is 865. The summed E-state index contributed by atoms with van der Waals surface area (Å²) in [6.07, 6.45) is 5.65. The van der Waals surface area contributed by atoms with Crippen molar-refractivity contribution in [3.8, 4) is 11.5 Å². The predicted molar refractivity (Wildman–Crippen MR) is 100 cm³/mol. The minimum atomic E-state index is -0.0705. The lowest BCUT2D eigenvalue weighted by molar-refractivity contribution is -0.134. The average Bonchev–Trinajstić information content (AvgIpc) is 3.41. The van der Waals surface area contributed by atoms with Gasteiger partial charge in [0, 0.05) is 19.0 Å². The van der Waals surface area contributed by atoms with E-state index < -0.39 is 0 Å². The lowest BCUT2D eigenvalue weighted by Gasteiger charge is -2.33. The summed E-state index contributed by atoms with van der Waals surface area (Å²) in [6, 6.07) is 11.8. The summed E-state index contributed by atoms with van der Waals surface area (Å²) < 4.78 is 10.9. The van der Waals surface area contributed by atoms with Crippen molar-refractivity contribution in [2.45, 2.75) is 38.0 Å². The number of furan rings is 1. The van der Waals surface area contributed by atoms with E-state index in [0.29, 0.717) is 11.8 Å². The number of benzene rings is 1. The fourth-order valence-corrected chi connectivity index (χ4v) is 3.71. The molecule has 3 aromatic rings. The average molecular weight is 365 g/mol. The van der Waals surface area contributed by atoms with Crippen molar-refractivity contribution in [3.63, 3.8) is 0 Å². The van der Waals surface area contributed by atoms with Crippen molar-refractivity contribution >= 4 is 5.91 Å². The van der Waals surface area contributed by atoms with Crippen LogP contribution in [-0.4, -0.2) is 34.1 Å². The van der Waals surface area contributed by atoms with E-state index in [9.17, 15) is 4.79 Å². The van der Waals surface area contributed by atoms with Gasteiger partial charge in [-0.05, 0) is 30.9 Å². The molecule has 1 aliphatic heterocycles. The number of aromatic nitrogens is 2. The Morgan fingerprint density at radius 2 is 1.96 bits per heavy atom. The van der Waals surface area contributed by atoms with Crippen LogP contribution < -0.4 is 0 Å². The van der Waals surface area contributed by atoms with Crippen molar-refractivity contribution in [2.24, 2.45) is 0 Å². The van der Waals surface area contributed by atoms with Gasteiger partial charge in [-0.25, -0.2) is 0 Å². The number of carbonyl (C=O) groups excluding carboxylic acids is 1. The molecule has 0 aliphatic carbocycles. The van der Waals surface area contributed by atoms with Crippen LogP contribution in [0.4, 0.5) is 0 Å². The zero-order chi connectivity index (χ0) is 18.6. The highest BCUT2D eigenvalue weighted by Crippen LogP contribution is 2.31. The third kappa shape index (κ3) is 3.65. The summed E-state index contributed by atoms with van der Waals surface area (Å²) in [7, 11) is 0. The van der Waals surface area contributed by atoms with Gasteiger partial charge in [0.1, 0.15) is 6.26 Å². The number of carbonyl (C=O) groups is 1. The number of piperidine rings is 1. The summed E-state index contributed by atoms with van der Waals surface area (Å²) in [5.74, 6) is 1.46. The second-order valence-corrected chi connectivity index (χ2v) is 6.93. The lowest BCUT2D eigenvalue weighted by Crippen LogP contribution is -2.40. The number of rotatable bonds is 5. The van der Waals surface area contributed by atoms with Crippen molar-refractivity contribution < 1.29 is 13.6 Å². The normalized spacial score (nSPS) is 16.4. The van der Waals surface area contributed by atoms with Gasteiger partial charge in [0.15, 0.2) is 0 Å². The largest absolute Gasteiger partial charge is 0.472 e. The van der Waals surface area contributed by atoms with Crippen LogP contribution in [0.15, 0.2) is 57.8 Å². The van der Waals surface area contributed by atoms with Gasteiger partial charge in [-0.1, -0.05) is 37.3 Å². The Hall–Kier alpha value is -2.89. The van der Waals surface area contributed by atoms with Crippen molar-refractivity contribution in [3.05, 3.63) is 60.4 Å². The van der Waals surface area contributed by atoms with Crippen LogP contribution in [0.2, 0.25) is 0 Å². The van der Waals surface area contributed by atoms with Gasteiger partial charge in [0.05, 0.1) is 17.7 Å². The van der Waals surface area contributed by atoms with E-state index in [0.717, 1.165) is 43.5 Å². The van der Waals surface area contributed by atoms with E-state index in [-0.39, 0.29) is 17.7 Å². The van der Waals surface area contributed by atoms with Gasteiger partial charge in [-0.3, -0.25) is 4.79 Å². The van der Waals surface area contributed by atoms with Gasteiger partial charge >= 0.3 is 0 Å². The molecule has 4 rings (SSSR count). The molecule has 140 valence electrons. The Morgan fingerprint density at radius 1 is 1.19 bits per heavy atom.